The average Bonchev–Trinajstić information content (AvgIpc) is 2.28. The molecule has 4 heteroatoms. The van der Waals surface area contributed by atoms with Crippen LogP contribution in [0.15, 0.2) is 22.7 Å². The number of benzene rings is 1. The number of nitrogens with two attached hydrogens (primary N) is 1. The highest BCUT2D eigenvalue weighted by atomic mass is 79.9. The molecule has 0 saturated carbocycles. The fourth-order valence-electron chi connectivity index (χ4n) is 2.21. The zero-order valence-electron chi connectivity index (χ0n) is 10.3. The van der Waals surface area contributed by atoms with E-state index >= 15 is 0 Å². The summed E-state index contributed by atoms with van der Waals surface area (Å²) in [5.74, 6) is 1.20. The number of thioether (sulfide) groups is 1. The van der Waals surface area contributed by atoms with E-state index in [0.717, 1.165) is 17.6 Å². The van der Waals surface area contributed by atoms with Crippen LogP contribution in [0.3, 0.4) is 0 Å². The van der Waals surface area contributed by atoms with Gasteiger partial charge in [-0.2, -0.15) is 11.8 Å². The number of rotatable bonds is 2. The third kappa shape index (κ3) is 3.18. The Morgan fingerprint density at radius 2 is 2.29 bits per heavy atom. The van der Waals surface area contributed by atoms with Gasteiger partial charge in [-0.3, -0.25) is 0 Å². The Labute approximate surface area is 116 Å². The van der Waals surface area contributed by atoms with E-state index in [4.69, 9.17) is 5.73 Å². The molecular weight excluding hydrogens is 296 g/mol. The van der Waals surface area contributed by atoms with Crippen molar-refractivity contribution in [2.45, 2.75) is 25.1 Å². The maximum Gasteiger partial charge on any atom is 0.0426 e. The maximum atomic E-state index is 6.06. The van der Waals surface area contributed by atoms with Crippen molar-refractivity contribution in [1.29, 1.82) is 0 Å². The number of anilines is 1. The van der Waals surface area contributed by atoms with E-state index in [-0.39, 0.29) is 6.04 Å². The fraction of sp³-hybridized carbons (Fsp3) is 0.538. The molecule has 0 aliphatic carbocycles. The standard InChI is InChI=1S/C13H19BrN2S/c1-9-8-16(5-6-17-9)13-7-11(14)3-4-12(13)10(2)15/h3-4,7,9-10H,5-6,8,15H2,1-2H3. The van der Waals surface area contributed by atoms with Gasteiger partial charge in [0.2, 0.25) is 0 Å². The summed E-state index contributed by atoms with van der Waals surface area (Å²) in [5.41, 5.74) is 8.59. The number of hydrogen-bond donors (Lipinski definition) is 1. The summed E-state index contributed by atoms with van der Waals surface area (Å²) in [6.45, 7) is 6.57. The number of nitrogens with zero attached hydrogens (tertiary/aromatic N) is 1. The molecule has 1 aromatic carbocycles. The molecule has 1 aliphatic rings. The van der Waals surface area contributed by atoms with Crippen LogP contribution in [0.2, 0.25) is 0 Å². The summed E-state index contributed by atoms with van der Waals surface area (Å²) in [7, 11) is 0. The van der Waals surface area contributed by atoms with Crippen molar-refractivity contribution in [3.05, 3.63) is 28.2 Å². The lowest BCUT2D eigenvalue weighted by Crippen LogP contribution is -2.37. The zero-order chi connectivity index (χ0) is 12.4. The second-order valence-electron chi connectivity index (χ2n) is 4.62. The molecule has 0 bridgehead atoms. The summed E-state index contributed by atoms with van der Waals surface area (Å²) < 4.78 is 1.13. The largest absolute Gasteiger partial charge is 0.369 e. The SMILES string of the molecule is CC1CN(c2cc(Br)ccc2C(C)N)CCS1. The molecule has 1 aromatic rings. The van der Waals surface area contributed by atoms with E-state index in [1.807, 2.05) is 0 Å². The van der Waals surface area contributed by atoms with Gasteiger partial charge in [0, 0.05) is 40.3 Å². The monoisotopic (exact) mass is 314 g/mol. The van der Waals surface area contributed by atoms with Crippen molar-refractivity contribution in [2.24, 2.45) is 5.73 Å². The van der Waals surface area contributed by atoms with Crippen molar-refractivity contribution in [1.82, 2.24) is 0 Å². The van der Waals surface area contributed by atoms with Gasteiger partial charge in [-0.15, -0.1) is 0 Å². The Morgan fingerprint density at radius 1 is 1.53 bits per heavy atom. The molecule has 2 atom stereocenters. The molecule has 0 amide bonds. The molecule has 0 radical (unpaired) electrons. The Hall–Kier alpha value is -0.190. The van der Waals surface area contributed by atoms with E-state index in [9.17, 15) is 0 Å². The highest BCUT2D eigenvalue weighted by Crippen LogP contribution is 2.31. The van der Waals surface area contributed by atoms with Crippen molar-refractivity contribution in [2.75, 3.05) is 23.7 Å². The lowest BCUT2D eigenvalue weighted by atomic mass is 10.1. The first-order valence-corrected chi connectivity index (χ1v) is 7.83. The molecule has 94 valence electrons. The topological polar surface area (TPSA) is 29.3 Å². The van der Waals surface area contributed by atoms with Gasteiger partial charge in [0.05, 0.1) is 0 Å². The molecule has 1 heterocycles. The molecule has 1 fully saturated rings. The third-order valence-electron chi connectivity index (χ3n) is 3.06. The number of halogens is 1. The molecule has 17 heavy (non-hydrogen) atoms. The van der Waals surface area contributed by atoms with E-state index in [1.165, 1.54) is 17.0 Å². The highest BCUT2D eigenvalue weighted by Gasteiger charge is 2.20. The Bertz CT molecular complexity index is 395. The van der Waals surface area contributed by atoms with Crippen molar-refractivity contribution >= 4 is 33.4 Å². The summed E-state index contributed by atoms with van der Waals surface area (Å²) >= 11 is 5.60. The molecule has 2 unspecified atom stereocenters. The quantitative estimate of drug-likeness (QED) is 0.907. The van der Waals surface area contributed by atoms with E-state index in [0.29, 0.717) is 5.25 Å². The van der Waals surface area contributed by atoms with Crippen LogP contribution in [0.25, 0.3) is 0 Å². The highest BCUT2D eigenvalue weighted by molar-refractivity contribution is 9.10. The van der Waals surface area contributed by atoms with Crippen molar-refractivity contribution in [3.63, 3.8) is 0 Å². The van der Waals surface area contributed by atoms with Gasteiger partial charge in [0.1, 0.15) is 0 Å². The van der Waals surface area contributed by atoms with Crippen LogP contribution in [0.5, 0.6) is 0 Å². The molecular formula is C13H19BrN2S. The molecule has 1 saturated heterocycles. The first-order chi connectivity index (χ1) is 8.08. The van der Waals surface area contributed by atoms with Gasteiger partial charge < -0.3 is 10.6 Å². The van der Waals surface area contributed by atoms with Crippen LogP contribution < -0.4 is 10.6 Å². The second-order valence-corrected chi connectivity index (χ2v) is 7.08. The van der Waals surface area contributed by atoms with Gasteiger partial charge in [-0.1, -0.05) is 28.9 Å². The predicted molar refractivity (Wildman–Crippen MR) is 80.9 cm³/mol. The van der Waals surface area contributed by atoms with E-state index < -0.39 is 0 Å². The number of hydrogen-bond acceptors (Lipinski definition) is 3. The molecule has 0 spiro atoms. The minimum Gasteiger partial charge on any atom is -0.369 e. The first kappa shape index (κ1) is 13.2. The van der Waals surface area contributed by atoms with Gasteiger partial charge in [0.15, 0.2) is 0 Å². The smallest absolute Gasteiger partial charge is 0.0426 e. The van der Waals surface area contributed by atoms with Crippen LogP contribution in [0, 0.1) is 0 Å². The minimum atomic E-state index is 0.0861. The van der Waals surface area contributed by atoms with Crippen LogP contribution in [-0.4, -0.2) is 24.1 Å². The summed E-state index contributed by atoms with van der Waals surface area (Å²) in [4.78, 5) is 2.46. The van der Waals surface area contributed by atoms with Crippen LogP contribution >= 0.6 is 27.7 Å². The summed E-state index contributed by atoms with van der Waals surface area (Å²) in [6, 6.07) is 6.49. The van der Waals surface area contributed by atoms with Crippen molar-refractivity contribution < 1.29 is 0 Å². The van der Waals surface area contributed by atoms with Crippen molar-refractivity contribution in [3.8, 4) is 0 Å². The van der Waals surface area contributed by atoms with E-state index in [2.05, 4.69) is 64.6 Å². The molecule has 1 aliphatic heterocycles. The fourth-order valence-corrected chi connectivity index (χ4v) is 3.58. The van der Waals surface area contributed by atoms with Crippen LogP contribution in [-0.2, 0) is 0 Å². The molecule has 0 aromatic heterocycles. The minimum absolute atomic E-state index is 0.0861. The zero-order valence-corrected chi connectivity index (χ0v) is 12.7. The Morgan fingerprint density at radius 3 is 2.94 bits per heavy atom. The first-order valence-electron chi connectivity index (χ1n) is 5.99. The lowest BCUT2D eigenvalue weighted by molar-refractivity contribution is 0.755. The van der Waals surface area contributed by atoms with Gasteiger partial charge in [0.25, 0.3) is 0 Å². The lowest BCUT2D eigenvalue weighted by Gasteiger charge is -2.34. The summed E-state index contributed by atoms with van der Waals surface area (Å²) in [5, 5.41) is 0.698. The van der Waals surface area contributed by atoms with Gasteiger partial charge in [-0.05, 0) is 24.6 Å². The third-order valence-corrected chi connectivity index (χ3v) is 4.69. The Kier molecular flexibility index (Phi) is 4.39. The molecule has 2 N–H and O–H groups in total. The maximum absolute atomic E-state index is 6.06. The summed E-state index contributed by atoms with van der Waals surface area (Å²) in [6.07, 6.45) is 0. The van der Waals surface area contributed by atoms with Crippen LogP contribution in [0.1, 0.15) is 25.5 Å². The predicted octanol–water partition coefficient (Wildman–Crippen LogP) is 3.41. The Balaban J connectivity index is 2.32. The van der Waals surface area contributed by atoms with Gasteiger partial charge >= 0.3 is 0 Å². The average molecular weight is 315 g/mol. The van der Waals surface area contributed by atoms with Gasteiger partial charge in [-0.25, -0.2) is 0 Å². The van der Waals surface area contributed by atoms with Crippen LogP contribution in [0.4, 0.5) is 5.69 Å². The normalized spacial score (nSPS) is 22.6. The molecule has 2 rings (SSSR count). The second kappa shape index (κ2) is 5.63. The molecule has 2 nitrogen and oxygen atoms in total. The van der Waals surface area contributed by atoms with E-state index in [1.54, 1.807) is 0 Å².